The Morgan fingerprint density at radius 1 is 1.03 bits per heavy atom. The lowest BCUT2D eigenvalue weighted by atomic mass is 9.92. The lowest BCUT2D eigenvalue weighted by Crippen LogP contribution is -2.58. The molecule has 5 rings (SSSR count). The van der Waals surface area contributed by atoms with E-state index in [0.29, 0.717) is 21.7 Å². The van der Waals surface area contributed by atoms with Gasteiger partial charge in [0.2, 0.25) is 0 Å². The zero-order valence-corrected chi connectivity index (χ0v) is 20.3. The van der Waals surface area contributed by atoms with E-state index in [0.717, 1.165) is 17.0 Å². The number of hydrogen-bond acceptors (Lipinski definition) is 4. The summed E-state index contributed by atoms with van der Waals surface area (Å²) in [5.41, 5.74) is 3.92. The van der Waals surface area contributed by atoms with Crippen molar-refractivity contribution in [3.63, 3.8) is 0 Å². The minimum atomic E-state index is -4.62. The molecule has 11 heteroatoms. The summed E-state index contributed by atoms with van der Waals surface area (Å²) in [6, 6.07) is 18.2. The van der Waals surface area contributed by atoms with Gasteiger partial charge in [-0.3, -0.25) is 15.1 Å². The first kappa shape index (κ1) is 25.3. The van der Waals surface area contributed by atoms with Crippen molar-refractivity contribution in [2.24, 2.45) is 0 Å². The first-order valence-corrected chi connectivity index (χ1v) is 11.8. The van der Waals surface area contributed by atoms with Crippen LogP contribution < -0.4 is 15.6 Å². The summed E-state index contributed by atoms with van der Waals surface area (Å²) in [6.07, 6.45) is -4.62. The maximum Gasteiger partial charge on any atom is 0.416 e. The highest BCUT2D eigenvalue weighted by atomic mass is 35.5. The summed E-state index contributed by atoms with van der Waals surface area (Å²) in [7, 11) is 0. The molecule has 0 spiro atoms. The van der Waals surface area contributed by atoms with Crippen LogP contribution in [0.5, 0.6) is 0 Å². The number of carbonyl (C=O) groups excluding carboxylic acids is 2. The smallest absolute Gasteiger partial charge is 0.326 e. The molecule has 0 aromatic heterocycles. The van der Waals surface area contributed by atoms with E-state index in [-0.39, 0.29) is 30.0 Å². The number of halogens is 4. The van der Waals surface area contributed by atoms with E-state index >= 15 is 0 Å². The number of benzene rings is 3. The largest absolute Gasteiger partial charge is 0.416 e. The third-order valence-electron chi connectivity index (χ3n) is 6.31. The van der Waals surface area contributed by atoms with Crippen LogP contribution >= 0.6 is 11.6 Å². The van der Waals surface area contributed by atoms with E-state index in [2.05, 4.69) is 10.7 Å². The van der Waals surface area contributed by atoms with Crippen LogP contribution in [-0.4, -0.2) is 23.5 Å². The molecule has 2 N–H and O–H groups in total. The normalized spacial score (nSPS) is 18.0. The zero-order valence-electron chi connectivity index (χ0n) is 19.6. The fraction of sp³-hybridized carbons (Fsp3) is 0.148. The maximum atomic E-state index is 13.5. The Morgan fingerprint density at radius 2 is 1.76 bits per heavy atom. The quantitative estimate of drug-likeness (QED) is 0.472. The van der Waals surface area contributed by atoms with Gasteiger partial charge in [-0.2, -0.15) is 18.4 Å². The third-order valence-corrected chi connectivity index (χ3v) is 6.68. The predicted molar refractivity (Wildman–Crippen MR) is 133 cm³/mol. The lowest BCUT2D eigenvalue weighted by Gasteiger charge is -2.42. The molecular formula is C27H19ClF3N5O2. The average molecular weight is 538 g/mol. The number of urea groups is 1. The van der Waals surface area contributed by atoms with Crippen molar-refractivity contribution in [2.75, 3.05) is 11.4 Å². The number of nitrogens with zero attached hydrogens (tertiary/aromatic N) is 3. The highest BCUT2D eigenvalue weighted by Crippen LogP contribution is 2.38. The van der Waals surface area contributed by atoms with Crippen LogP contribution in [0.2, 0.25) is 5.02 Å². The van der Waals surface area contributed by atoms with Crippen molar-refractivity contribution >= 4 is 29.2 Å². The number of nitriles is 1. The van der Waals surface area contributed by atoms with Crippen LogP contribution in [0, 0.1) is 11.3 Å². The summed E-state index contributed by atoms with van der Waals surface area (Å²) >= 11 is 6.30. The lowest BCUT2D eigenvalue weighted by molar-refractivity contribution is -0.137. The second-order valence-electron chi connectivity index (χ2n) is 8.75. The van der Waals surface area contributed by atoms with Gasteiger partial charge in [-0.15, -0.1) is 0 Å². The van der Waals surface area contributed by atoms with Crippen LogP contribution in [0.4, 0.5) is 23.7 Å². The number of hydrogen-bond donors (Lipinski definition) is 2. The van der Waals surface area contributed by atoms with Crippen LogP contribution in [0.25, 0.3) is 0 Å². The number of anilines is 1. The summed E-state index contributed by atoms with van der Waals surface area (Å²) in [5, 5.41) is 13.9. The number of alkyl halides is 3. The molecule has 0 aliphatic carbocycles. The first-order chi connectivity index (χ1) is 18.2. The molecule has 0 saturated heterocycles. The van der Waals surface area contributed by atoms with Gasteiger partial charge in [-0.1, -0.05) is 48.0 Å². The zero-order chi connectivity index (χ0) is 27.0. The molecule has 38 heavy (non-hydrogen) atoms. The van der Waals surface area contributed by atoms with E-state index in [1.54, 1.807) is 53.5 Å². The van der Waals surface area contributed by atoms with E-state index < -0.39 is 29.7 Å². The van der Waals surface area contributed by atoms with Crippen molar-refractivity contribution < 1.29 is 22.8 Å². The Bertz CT molecular complexity index is 1500. The van der Waals surface area contributed by atoms with Crippen LogP contribution in [0.1, 0.15) is 28.3 Å². The van der Waals surface area contributed by atoms with Crippen molar-refractivity contribution in [3.8, 4) is 6.07 Å². The molecule has 0 bridgehead atoms. The van der Waals surface area contributed by atoms with Gasteiger partial charge in [0.25, 0.3) is 5.91 Å². The standard InChI is InChI=1S/C27H19ClF3N5O2/c28-21-7-2-1-4-18(21)14-35-15-22-23(25(37)34-35)24(17-10-8-16(13-32)9-11-17)33-26(38)36(22)20-6-3-5-19(12-20)27(29,30)31/h1-12,24H,14-15H2,(H,33,38)(H,34,37)/t24-/m1/s1. The van der Waals surface area contributed by atoms with Crippen LogP contribution in [-0.2, 0) is 17.5 Å². The van der Waals surface area contributed by atoms with Gasteiger partial charge in [0.1, 0.15) is 0 Å². The number of nitrogens with one attached hydrogen (secondary N) is 2. The summed E-state index contributed by atoms with van der Waals surface area (Å²) < 4.78 is 40.4. The molecule has 0 radical (unpaired) electrons. The average Bonchev–Trinajstić information content (AvgIpc) is 2.89. The van der Waals surface area contributed by atoms with Crippen molar-refractivity contribution in [1.82, 2.24) is 15.8 Å². The molecule has 3 aromatic rings. The molecule has 192 valence electrons. The number of carbonyl (C=O) groups is 2. The maximum absolute atomic E-state index is 13.5. The third kappa shape index (κ3) is 4.81. The molecule has 3 amide bonds. The molecule has 2 aliphatic rings. The van der Waals surface area contributed by atoms with Crippen LogP contribution in [0.15, 0.2) is 84.1 Å². The number of rotatable bonds is 4. The molecular weight excluding hydrogens is 519 g/mol. The second-order valence-corrected chi connectivity index (χ2v) is 9.16. The Hall–Kier alpha value is -4.33. The second kappa shape index (κ2) is 9.85. The molecule has 0 fully saturated rings. The van der Waals surface area contributed by atoms with Gasteiger partial charge in [-0.05, 0) is 47.5 Å². The van der Waals surface area contributed by atoms with E-state index in [4.69, 9.17) is 16.9 Å². The molecule has 0 unspecified atom stereocenters. The summed E-state index contributed by atoms with van der Waals surface area (Å²) in [5.74, 6) is -0.523. The monoisotopic (exact) mass is 537 g/mol. The van der Waals surface area contributed by atoms with Gasteiger partial charge < -0.3 is 5.32 Å². The fourth-order valence-electron chi connectivity index (χ4n) is 4.53. The molecule has 0 saturated carbocycles. The van der Waals surface area contributed by atoms with Gasteiger partial charge in [0, 0.05) is 11.6 Å². The summed E-state index contributed by atoms with van der Waals surface area (Å²) in [6.45, 7) is 0.213. The highest BCUT2D eigenvalue weighted by molar-refractivity contribution is 6.31. The van der Waals surface area contributed by atoms with Gasteiger partial charge in [0.15, 0.2) is 0 Å². The van der Waals surface area contributed by atoms with Crippen molar-refractivity contribution in [2.45, 2.75) is 18.8 Å². The van der Waals surface area contributed by atoms with E-state index in [1.165, 1.54) is 12.1 Å². The van der Waals surface area contributed by atoms with Crippen molar-refractivity contribution in [1.29, 1.82) is 5.26 Å². The highest BCUT2D eigenvalue weighted by Gasteiger charge is 2.42. The van der Waals surface area contributed by atoms with Gasteiger partial charge in [0.05, 0.1) is 46.7 Å². The van der Waals surface area contributed by atoms with E-state index in [9.17, 15) is 22.8 Å². The minimum Gasteiger partial charge on any atom is -0.326 e. The van der Waals surface area contributed by atoms with E-state index in [1.807, 2.05) is 6.07 Å². The van der Waals surface area contributed by atoms with Gasteiger partial charge in [-0.25, -0.2) is 9.80 Å². The first-order valence-electron chi connectivity index (χ1n) is 11.5. The number of hydrazine groups is 1. The Kier molecular flexibility index (Phi) is 6.57. The number of amides is 3. The molecule has 7 nitrogen and oxygen atoms in total. The van der Waals surface area contributed by atoms with Crippen molar-refractivity contribution in [3.05, 3.63) is 111 Å². The molecule has 3 aromatic carbocycles. The topological polar surface area (TPSA) is 88.5 Å². The Balaban J connectivity index is 1.61. The Morgan fingerprint density at radius 3 is 2.45 bits per heavy atom. The predicted octanol–water partition coefficient (Wildman–Crippen LogP) is 5.30. The molecule has 2 aliphatic heterocycles. The molecule has 2 heterocycles. The van der Waals surface area contributed by atoms with Crippen LogP contribution in [0.3, 0.4) is 0 Å². The summed E-state index contributed by atoms with van der Waals surface area (Å²) in [4.78, 5) is 28.0. The van der Waals surface area contributed by atoms with Gasteiger partial charge >= 0.3 is 12.2 Å². The SMILES string of the molecule is N#Cc1ccc([C@H]2NC(=O)N(c3cccc(C(F)(F)F)c3)C3=C2C(=O)NN(Cc2ccccc2Cl)C3)cc1. The molecule has 1 atom stereocenters. The Labute approximate surface area is 220 Å². The fourth-order valence-corrected chi connectivity index (χ4v) is 4.73. The minimum absolute atomic E-state index is 0.0166.